The van der Waals surface area contributed by atoms with Gasteiger partial charge in [-0.25, -0.2) is 4.98 Å². The fourth-order valence-electron chi connectivity index (χ4n) is 1.59. The summed E-state index contributed by atoms with van der Waals surface area (Å²) in [4.78, 5) is 20.1. The summed E-state index contributed by atoms with van der Waals surface area (Å²) in [5.74, 6) is 0. The van der Waals surface area contributed by atoms with Crippen molar-refractivity contribution in [2.75, 3.05) is 0 Å². The Hall–Kier alpha value is -1.71. The van der Waals surface area contributed by atoms with Crippen LogP contribution in [0.15, 0.2) is 29.6 Å². The Labute approximate surface area is 80.2 Å². The Morgan fingerprint density at radius 3 is 3.07 bits per heavy atom. The fourth-order valence-corrected chi connectivity index (χ4v) is 1.59. The number of nitrogens with zero attached hydrogens (tertiary/aromatic N) is 3. The molecule has 2 aromatic rings. The van der Waals surface area contributed by atoms with E-state index in [1.165, 1.54) is 0 Å². The van der Waals surface area contributed by atoms with Gasteiger partial charge in [-0.1, -0.05) is 0 Å². The summed E-state index contributed by atoms with van der Waals surface area (Å²) in [5.41, 5.74) is 0.757. The van der Waals surface area contributed by atoms with Gasteiger partial charge in [-0.3, -0.25) is 14.3 Å². The lowest BCUT2D eigenvalue weighted by molar-refractivity contribution is 0.698. The van der Waals surface area contributed by atoms with Crippen molar-refractivity contribution in [1.82, 2.24) is 14.5 Å². The molecule has 70 valence electrons. The summed E-state index contributed by atoms with van der Waals surface area (Å²) in [5, 5.41) is 0.613. The third kappa shape index (κ3) is 1.04. The molecule has 4 nitrogen and oxygen atoms in total. The van der Waals surface area contributed by atoms with Crippen molar-refractivity contribution in [3.05, 3.63) is 35.1 Å². The zero-order valence-electron chi connectivity index (χ0n) is 7.55. The molecule has 0 unspecified atom stereocenters. The van der Waals surface area contributed by atoms with Crippen molar-refractivity contribution in [2.24, 2.45) is 0 Å². The van der Waals surface area contributed by atoms with E-state index in [0.29, 0.717) is 11.4 Å². The SMILES string of the molecule is O=c1c2cnccc2ncn1C1CC1. The molecule has 0 saturated heterocycles. The van der Waals surface area contributed by atoms with Gasteiger partial charge in [-0.05, 0) is 18.9 Å². The molecule has 4 heteroatoms. The molecule has 1 aliphatic carbocycles. The molecule has 0 amide bonds. The lowest BCUT2D eigenvalue weighted by Crippen LogP contribution is -2.19. The molecule has 3 rings (SSSR count). The number of fused-ring (bicyclic) bond motifs is 1. The zero-order valence-corrected chi connectivity index (χ0v) is 7.55. The van der Waals surface area contributed by atoms with E-state index in [1.54, 1.807) is 29.4 Å². The summed E-state index contributed by atoms with van der Waals surface area (Å²) < 4.78 is 1.71. The number of rotatable bonds is 1. The molecule has 1 fully saturated rings. The highest BCUT2D eigenvalue weighted by molar-refractivity contribution is 5.75. The average Bonchev–Trinajstić information content (AvgIpc) is 3.03. The maximum atomic E-state index is 11.9. The van der Waals surface area contributed by atoms with E-state index in [4.69, 9.17) is 0 Å². The Morgan fingerprint density at radius 2 is 2.29 bits per heavy atom. The summed E-state index contributed by atoms with van der Waals surface area (Å²) in [6, 6.07) is 2.13. The van der Waals surface area contributed by atoms with Gasteiger partial charge < -0.3 is 0 Å². The van der Waals surface area contributed by atoms with Crippen molar-refractivity contribution < 1.29 is 0 Å². The quantitative estimate of drug-likeness (QED) is 0.672. The monoisotopic (exact) mass is 187 g/mol. The maximum Gasteiger partial charge on any atom is 0.263 e. The van der Waals surface area contributed by atoms with Crippen LogP contribution in [0.25, 0.3) is 10.9 Å². The number of aromatic nitrogens is 3. The van der Waals surface area contributed by atoms with E-state index in [9.17, 15) is 4.79 Å². The van der Waals surface area contributed by atoms with Crippen LogP contribution in [0.1, 0.15) is 18.9 Å². The standard InChI is InChI=1S/C10H9N3O/c14-10-8-5-11-4-3-9(8)12-6-13(10)7-1-2-7/h3-7H,1-2H2. The predicted octanol–water partition coefficient (Wildman–Crippen LogP) is 1.13. The summed E-state index contributed by atoms with van der Waals surface area (Å²) in [7, 11) is 0. The van der Waals surface area contributed by atoms with E-state index in [1.807, 2.05) is 0 Å². The summed E-state index contributed by atoms with van der Waals surface area (Å²) >= 11 is 0. The van der Waals surface area contributed by atoms with Crippen LogP contribution in [-0.2, 0) is 0 Å². The second-order valence-electron chi connectivity index (χ2n) is 3.58. The predicted molar refractivity (Wildman–Crippen MR) is 52.1 cm³/mol. The lowest BCUT2D eigenvalue weighted by atomic mass is 10.3. The molecule has 0 aromatic carbocycles. The Balaban J connectivity index is 2.36. The second-order valence-corrected chi connectivity index (χ2v) is 3.58. The van der Waals surface area contributed by atoms with Gasteiger partial charge in [-0.15, -0.1) is 0 Å². The van der Waals surface area contributed by atoms with Crippen LogP contribution in [0.5, 0.6) is 0 Å². The van der Waals surface area contributed by atoms with E-state index >= 15 is 0 Å². The minimum atomic E-state index is 0.0330. The fraction of sp³-hybridized carbons (Fsp3) is 0.300. The minimum Gasteiger partial charge on any atom is -0.296 e. The van der Waals surface area contributed by atoms with Gasteiger partial charge in [0.05, 0.1) is 17.2 Å². The topological polar surface area (TPSA) is 47.8 Å². The van der Waals surface area contributed by atoms with E-state index in [2.05, 4.69) is 9.97 Å². The van der Waals surface area contributed by atoms with Crippen molar-refractivity contribution in [3.8, 4) is 0 Å². The zero-order chi connectivity index (χ0) is 9.54. The number of hydrogen-bond donors (Lipinski definition) is 0. The molecule has 0 spiro atoms. The smallest absolute Gasteiger partial charge is 0.263 e. The molecule has 2 heterocycles. The van der Waals surface area contributed by atoms with E-state index in [-0.39, 0.29) is 5.56 Å². The molecule has 0 aliphatic heterocycles. The van der Waals surface area contributed by atoms with Crippen LogP contribution in [-0.4, -0.2) is 14.5 Å². The number of pyridine rings is 1. The van der Waals surface area contributed by atoms with Crippen LogP contribution in [0.4, 0.5) is 0 Å². The molecule has 0 bridgehead atoms. The van der Waals surface area contributed by atoms with E-state index in [0.717, 1.165) is 18.4 Å². The molecular weight excluding hydrogens is 178 g/mol. The first-order chi connectivity index (χ1) is 6.86. The summed E-state index contributed by atoms with van der Waals surface area (Å²) in [6.45, 7) is 0. The van der Waals surface area contributed by atoms with Crippen molar-refractivity contribution in [3.63, 3.8) is 0 Å². The van der Waals surface area contributed by atoms with Gasteiger partial charge >= 0.3 is 0 Å². The van der Waals surface area contributed by atoms with Gasteiger partial charge in [0.2, 0.25) is 0 Å². The van der Waals surface area contributed by atoms with Gasteiger partial charge in [0.1, 0.15) is 0 Å². The first-order valence-electron chi connectivity index (χ1n) is 4.67. The molecule has 1 saturated carbocycles. The molecular formula is C10H9N3O. The van der Waals surface area contributed by atoms with Crippen LogP contribution >= 0.6 is 0 Å². The highest BCUT2D eigenvalue weighted by atomic mass is 16.1. The largest absolute Gasteiger partial charge is 0.296 e. The molecule has 2 aromatic heterocycles. The van der Waals surface area contributed by atoms with Gasteiger partial charge in [0.25, 0.3) is 5.56 Å². The van der Waals surface area contributed by atoms with Gasteiger partial charge in [-0.2, -0.15) is 0 Å². The molecule has 14 heavy (non-hydrogen) atoms. The normalized spacial score (nSPS) is 16.0. The van der Waals surface area contributed by atoms with Crippen LogP contribution in [0.3, 0.4) is 0 Å². The highest BCUT2D eigenvalue weighted by Gasteiger charge is 2.25. The van der Waals surface area contributed by atoms with Crippen molar-refractivity contribution in [2.45, 2.75) is 18.9 Å². The summed E-state index contributed by atoms with van der Waals surface area (Å²) in [6.07, 6.45) is 7.06. The molecule has 0 atom stereocenters. The highest BCUT2D eigenvalue weighted by Crippen LogP contribution is 2.33. The number of hydrogen-bond acceptors (Lipinski definition) is 3. The molecule has 0 N–H and O–H groups in total. The second kappa shape index (κ2) is 2.64. The van der Waals surface area contributed by atoms with E-state index < -0.39 is 0 Å². The first-order valence-corrected chi connectivity index (χ1v) is 4.67. The van der Waals surface area contributed by atoms with Crippen molar-refractivity contribution in [1.29, 1.82) is 0 Å². The average molecular weight is 187 g/mol. The third-order valence-electron chi connectivity index (χ3n) is 2.52. The Bertz CT molecular complexity index is 542. The van der Waals surface area contributed by atoms with Crippen LogP contribution < -0.4 is 5.56 Å². The van der Waals surface area contributed by atoms with Crippen molar-refractivity contribution >= 4 is 10.9 Å². The first kappa shape index (κ1) is 7.67. The minimum absolute atomic E-state index is 0.0330. The van der Waals surface area contributed by atoms with Gasteiger partial charge in [0, 0.05) is 18.4 Å². The van der Waals surface area contributed by atoms with Crippen LogP contribution in [0, 0.1) is 0 Å². The van der Waals surface area contributed by atoms with Crippen LogP contribution in [0.2, 0.25) is 0 Å². The molecule has 0 radical (unpaired) electrons. The molecule has 1 aliphatic rings. The Kier molecular flexibility index (Phi) is 1.45. The lowest BCUT2D eigenvalue weighted by Gasteiger charge is -2.02. The van der Waals surface area contributed by atoms with Gasteiger partial charge in [0.15, 0.2) is 0 Å². The third-order valence-corrected chi connectivity index (χ3v) is 2.52. The maximum absolute atomic E-state index is 11.9. The Morgan fingerprint density at radius 1 is 1.43 bits per heavy atom.